The van der Waals surface area contributed by atoms with Gasteiger partial charge in [-0.3, -0.25) is 9.59 Å². The topological polar surface area (TPSA) is 46.2 Å². The van der Waals surface area contributed by atoms with E-state index in [-0.39, 0.29) is 11.3 Å². The predicted molar refractivity (Wildman–Crippen MR) is 669 cm³/mol. The lowest BCUT2D eigenvalue weighted by Crippen LogP contribution is -2.18. The molecule has 0 spiro atoms. The van der Waals surface area contributed by atoms with Gasteiger partial charge < -0.3 is 5.32 Å². The largest absolute Gasteiger partial charge is 0.325 e. The molecule has 0 aliphatic heterocycles. The number of carbonyl (C=O) groups excluding carboxylic acids is 2. The van der Waals surface area contributed by atoms with Gasteiger partial charge in [-0.2, -0.15) is 0 Å². The van der Waals surface area contributed by atoms with E-state index in [1.54, 1.807) is 113 Å². The Kier molecular flexibility index (Phi) is 117. The first-order chi connectivity index (χ1) is 48.3. The number of rotatable bonds is 2. The molecule has 0 fully saturated rings. The Morgan fingerprint density at radius 1 is 0.265 bits per heavy atom. The van der Waals surface area contributed by atoms with Gasteiger partial charge in [-0.1, -0.05) is 32.9 Å². The van der Waals surface area contributed by atoms with Gasteiger partial charge in [0.15, 0.2) is 6.29 Å². The van der Waals surface area contributed by atoms with Crippen molar-refractivity contribution in [3.8, 4) is 0 Å². The summed E-state index contributed by atoms with van der Waals surface area (Å²) in [6.45, 7) is 7.57. The first-order valence-corrected chi connectivity index (χ1v) is 127. The summed E-state index contributed by atoms with van der Waals surface area (Å²) in [6, 6.07) is 5.46. The molecule has 0 saturated heterocycles. The smallest absolute Gasteiger partial charge is 0.221 e. The minimum atomic E-state index is -0.167. The van der Waals surface area contributed by atoms with Crippen LogP contribution in [0.25, 0.3) is 0 Å². The van der Waals surface area contributed by atoms with Crippen LogP contribution in [0, 0.1) is 0 Å². The number of amides is 1. The van der Waals surface area contributed by atoms with E-state index in [1.165, 1.54) is 24.7 Å². The standard InChI is InChI=1S/C13H17NO2.S82/c1-9(16)14-12-10(8-15)6-5-7-11(12)13(2,3)4;1-3-5-7-9-11-13-15-17-19-21-23-25-27-29-31-33-35-37-39-41-43-45-47-49-51-53-55-57-59-61-63-65-67-69-71-73-75-77-79-81-82-80-78-76-74-72-70-68-66-64-62-60-58-56-54-52-50-48-46-44-42-40-38-36-34-32-30-28-26-24-22-20-18-16-14-12-10-8-6-4-2/h5-8H,1-4H3,(H,14,16);. The third-order valence-corrected chi connectivity index (χ3v) is 180. The van der Waals surface area contributed by atoms with Crippen molar-refractivity contribution in [2.75, 3.05) is 5.32 Å². The normalized spacial score (nSPS) is 8.37. The second-order valence-corrected chi connectivity index (χ2v) is 152. The maximum absolute atomic E-state index is 11.1. The molecule has 0 aliphatic carbocycles. The van der Waals surface area contributed by atoms with Crippen molar-refractivity contribution in [3.63, 3.8) is 0 Å². The third-order valence-electron chi connectivity index (χ3n) is 4.53. The van der Waals surface area contributed by atoms with Crippen LogP contribution in [0.2, 0.25) is 0 Å². The molecule has 1 aromatic carbocycles. The molecule has 1 rings (SSSR count). The fourth-order valence-electron chi connectivity index (χ4n) is 2.49. The number of anilines is 1. The van der Waals surface area contributed by atoms with Gasteiger partial charge in [0.05, 0.1) is 5.69 Å². The second kappa shape index (κ2) is 100. The summed E-state index contributed by atoms with van der Waals surface area (Å²) >= 11 is 9.65. The highest BCUT2D eigenvalue weighted by atomic mass is 33.6. The predicted octanol–water partition coefficient (Wildman–Crippen LogP) is 2.56. The summed E-state index contributed by atoms with van der Waals surface area (Å²) < 4.78 is 0. The molecule has 0 atom stereocenters. The highest BCUT2D eigenvalue weighted by molar-refractivity contribution is 8.85. The summed E-state index contributed by atoms with van der Waals surface area (Å²) in [7, 11) is 144. The van der Waals surface area contributed by atoms with Crippen LogP contribution in [0.3, 0.4) is 0 Å². The summed E-state index contributed by atoms with van der Waals surface area (Å²) in [5.41, 5.74) is 1.99. The van der Waals surface area contributed by atoms with Crippen molar-refractivity contribution in [1.82, 2.24) is 0 Å². The van der Waals surface area contributed by atoms with Crippen LogP contribution in [0.4, 0.5) is 5.69 Å². The maximum atomic E-state index is 11.1. The highest BCUT2D eigenvalue weighted by Crippen LogP contribution is 2.31. The van der Waals surface area contributed by atoms with Gasteiger partial charge >= 0.3 is 0 Å². The van der Waals surface area contributed by atoms with Crippen molar-refractivity contribution in [3.05, 3.63) is 29.3 Å². The molecule has 0 saturated carbocycles. The molecule has 3 nitrogen and oxygen atoms in total. The number of carbonyl (C=O) groups is 2. The molecule has 578 valence electrons. The van der Waals surface area contributed by atoms with E-state index < -0.39 is 0 Å². The number of nitrogens with one attached hydrogen (secondary N) is 1. The Bertz CT molecular complexity index is 6770. The fourth-order valence-corrected chi connectivity index (χ4v) is 217. The van der Waals surface area contributed by atoms with Crippen LogP contribution < -0.4 is 5.32 Å². The minimum absolute atomic E-state index is 0.114. The van der Waals surface area contributed by atoms with Crippen molar-refractivity contribution < 1.29 is 9.59 Å². The van der Waals surface area contributed by atoms with Gasteiger partial charge in [0.2, 0.25) is 5.91 Å². The van der Waals surface area contributed by atoms with Crippen molar-refractivity contribution in [2.45, 2.75) is 33.1 Å². The van der Waals surface area contributed by atoms with E-state index in [4.69, 9.17) is 22.4 Å². The van der Waals surface area contributed by atoms with E-state index in [2.05, 4.69) is 5.32 Å². The third kappa shape index (κ3) is 94.6. The average Bonchev–Trinajstić information content (AvgIpc) is 0.817. The molecule has 0 heterocycles. The quantitative estimate of drug-likeness (QED) is 0.464. The van der Waals surface area contributed by atoms with E-state index >= 15 is 0 Å². The monoisotopic (exact) mass is 2840 g/mol. The number of aldehydes is 1. The molecule has 85 heteroatoms. The van der Waals surface area contributed by atoms with Crippen molar-refractivity contribution in [2.24, 2.45) is 0 Å². The van der Waals surface area contributed by atoms with Gasteiger partial charge in [0, 0.05) is 745 Å². The molecule has 98 heavy (non-hydrogen) atoms. The SMILES string of the molecule is CC(=O)Nc1c(C=O)cccc1C(C)(C)C.S=S=S=S=S=S=S=S=S=S=S=S=S=S=S=S=S=S=S=S=S=S=S=S=S=S=S=S=S=S=S=S=S=S=S=S=S=S=S=S=S=S=S=S=S=S=S=S=S=S=S=S=S=S=S=S=S=S=S=S=S=S=S=S=S=S=S=S=S=S=S=S=S=S=S=S=S=S=S=S=S=S. The number of hydrogen-bond donors (Lipinski definition) is 1. The second-order valence-electron chi connectivity index (χ2n) is 10.3. The Labute approximate surface area is 804 Å². The van der Waals surface area contributed by atoms with Gasteiger partial charge in [0.1, 0.15) is 0 Å². The molecule has 0 aromatic heterocycles. The van der Waals surface area contributed by atoms with Crippen LogP contribution >= 0.6 is 0 Å². The zero-order valence-corrected chi connectivity index (χ0v) is 111. The van der Waals surface area contributed by atoms with Crippen molar-refractivity contribution >= 4 is 751 Å². The average molecular weight is 2850 g/mol. The van der Waals surface area contributed by atoms with Crippen LogP contribution in [0.5, 0.6) is 0 Å². The molecular formula is C13H17NO2S82. The molecule has 1 amide bonds. The van der Waals surface area contributed by atoms with Crippen LogP contribution in [-0.2, 0) is 743 Å². The van der Waals surface area contributed by atoms with E-state index in [9.17, 15) is 9.59 Å². The summed E-state index contributed by atoms with van der Waals surface area (Å²) in [5.74, 6) is -0.167. The summed E-state index contributed by atoms with van der Waals surface area (Å²) in [6.07, 6.45) is 0.764. The molecule has 0 aliphatic rings. The zero-order chi connectivity index (χ0) is 70.9. The summed E-state index contributed by atoms with van der Waals surface area (Å²) in [5, 5.41) is 2.73. The van der Waals surface area contributed by atoms with E-state index in [1.807, 2.05) is 619 Å². The Morgan fingerprint density at radius 3 is 0.500 bits per heavy atom. The molecule has 0 radical (unpaired) electrons. The van der Waals surface area contributed by atoms with Gasteiger partial charge in [-0.05, 0) is 17.0 Å². The lowest BCUT2D eigenvalue weighted by molar-refractivity contribution is -0.114. The lowest BCUT2D eigenvalue weighted by atomic mass is 9.84. The van der Waals surface area contributed by atoms with Crippen molar-refractivity contribution in [1.29, 1.82) is 0 Å². The molecule has 1 N–H and O–H groups in total. The Hall–Kier alpha value is 16.4. The minimum Gasteiger partial charge on any atom is -0.325 e. The number of benzene rings is 1. The first kappa shape index (κ1) is 114. The lowest BCUT2D eigenvalue weighted by Gasteiger charge is -2.23. The molecule has 0 bridgehead atoms. The molecular weight excluding hydrogens is 2830 g/mol. The van der Waals surface area contributed by atoms with Gasteiger partial charge in [-0.25, -0.2) is 0 Å². The summed E-state index contributed by atoms with van der Waals surface area (Å²) in [4.78, 5) is 22.1. The number of para-hydroxylation sites is 1. The Morgan fingerprint density at radius 2 is 0.398 bits per heavy atom. The van der Waals surface area contributed by atoms with E-state index in [0.29, 0.717) is 11.3 Å². The fraction of sp³-hybridized carbons (Fsp3) is 0.385. The molecule has 1 aromatic rings. The number of hydrogen-bond acceptors (Lipinski definition) is 4. The maximum Gasteiger partial charge on any atom is 0.221 e. The van der Waals surface area contributed by atoms with Crippen LogP contribution in [0.1, 0.15) is 43.6 Å². The van der Waals surface area contributed by atoms with Gasteiger partial charge in [-0.15, -0.1) is 0 Å². The Balaban J connectivity index is 0.00000510. The van der Waals surface area contributed by atoms with Gasteiger partial charge in [0.25, 0.3) is 0 Å². The van der Waals surface area contributed by atoms with Crippen LogP contribution in [0.15, 0.2) is 18.2 Å². The van der Waals surface area contributed by atoms with Crippen LogP contribution in [-0.4, -0.2) is 12.2 Å². The van der Waals surface area contributed by atoms with E-state index in [0.717, 1.165) is 11.8 Å². The first-order valence-electron chi connectivity index (χ1n) is 18.7. The molecule has 0 unspecified atom stereocenters. The zero-order valence-electron chi connectivity index (χ0n) is 43.6. The highest BCUT2D eigenvalue weighted by Gasteiger charge is 2.20.